The lowest BCUT2D eigenvalue weighted by molar-refractivity contribution is 0.0815. The Balaban J connectivity index is 2.56. The molecule has 0 radical (unpaired) electrons. The van der Waals surface area contributed by atoms with E-state index in [0.717, 1.165) is 4.57 Å². The van der Waals surface area contributed by atoms with Crippen molar-refractivity contribution in [3.05, 3.63) is 68.0 Å². The number of benzene rings is 1. The average Bonchev–Trinajstić information content (AvgIpc) is 2.54. The fourth-order valence-electron chi connectivity index (χ4n) is 2.17. The first-order valence-corrected chi connectivity index (χ1v) is 7.13. The van der Waals surface area contributed by atoms with Crippen LogP contribution in [0.25, 0.3) is 0 Å². The highest BCUT2D eigenvalue weighted by Gasteiger charge is 2.19. The molecule has 0 saturated carbocycles. The van der Waals surface area contributed by atoms with Crippen LogP contribution in [0, 0.1) is 0 Å². The van der Waals surface area contributed by atoms with Crippen LogP contribution in [0.5, 0.6) is 0 Å². The topological polar surface area (TPSA) is 81.2 Å². The van der Waals surface area contributed by atoms with Crippen LogP contribution in [0.1, 0.15) is 35.5 Å². The molecule has 1 aromatic heterocycles. The minimum absolute atomic E-state index is 0.0523. The molecule has 0 fully saturated rings. The molecule has 6 nitrogen and oxygen atoms in total. The number of carbonyl (C=O) groups is 1. The van der Waals surface area contributed by atoms with Gasteiger partial charge in [0, 0.05) is 17.7 Å². The Kier molecular flexibility index (Phi) is 5.06. The fourth-order valence-corrected chi connectivity index (χ4v) is 2.17. The first-order chi connectivity index (χ1) is 10.6. The van der Waals surface area contributed by atoms with Crippen molar-refractivity contribution in [2.75, 3.05) is 6.61 Å². The third-order valence-electron chi connectivity index (χ3n) is 3.32. The van der Waals surface area contributed by atoms with Crippen molar-refractivity contribution < 1.29 is 9.53 Å². The van der Waals surface area contributed by atoms with Crippen LogP contribution < -0.4 is 11.2 Å². The molecule has 6 heteroatoms. The minimum atomic E-state index is -0.644. The molecule has 2 rings (SSSR count). The highest BCUT2D eigenvalue weighted by Crippen LogP contribution is 2.09. The fraction of sp³-hybridized carbons (Fsp3) is 0.312. The van der Waals surface area contributed by atoms with E-state index < -0.39 is 11.2 Å². The number of aromatic amines is 1. The zero-order valence-corrected chi connectivity index (χ0v) is 12.6. The van der Waals surface area contributed by atoms with E-state index in [1.54, 1.807) is 44.2 Å². The molecule has 0 unspecified atom stereocenters. The van der Waals surface area contributed by atoms with Gasteiger partial charge in [-0.05, 0) is 13.3 Å². The van der Waals surface area contributed by atoms with Gasteiger partial charge in [0.15, 0.2) is 0 Å². The summed E-state index contributed by atoms with van der Waals surface area (Å²) in [6.07, 6.45) is 0.343. The van der Waals surface area contributed by atoms with Crippen molar-refractivity contribution in [1.29, 1.82) is 0 Å². The second-order valence-corrected chi connectivity index (χ2v) is 4.69. The number of ether oxygens (including phenoxy) is 1. The molecule has 116 valence electrons. The van der Waals surface area contributed by atoms with Crippen LogP contribution in [-0.2, 0) is 17.9 Å². The van der Waals surface area contributed by atoms with Crippen LogP contribution in [0.15, 0.2) is 39.9 Å². The number of hydrogen-bond acceptors (Lipinski definition) is 4. The van der Waals surface area contributed by atoms with E-state index in [2.05, 4.69) is 4.98 Å². The Morgan fingerprint density at radius 3 is 2.45 bits per heavy atom. The third kappa shape index (κ3) is 3.07. The van der Waals surface area contributed by atoms with Crippen molar-refractivity contribution in [1.82, 2.24) is 9.55 Å². The zero-order chi connectivity index (χ0) is 16.1. The summed E-state index contributed by atoms with van der Waals surface area (Å²) >= 11 is 0. The van der Waals surface area contributed by atoms with Gasteiger partial charge in [0.05, 0.1) is 5.69 Å². The van der Waals surface area contributed by atoms with Gasteiger partial charge in [-0.3, -0.25) is 9.59 Å². The Hall–Kier alpha value is -2.47. The molecule has 2 aromatic rings. The summed E-state index contributed by atoms with van der Waals surface area (Å²) < 4.78 is 6.09. The molecular formula is C16H18N2O4. The van der Waals surface area contributed by atoms with Gasteiger partial charge in [-0.25, -0.2) is 9.36 Å². The molecule has 22 heavy (non-hydrogen) atoms. The molecule has 0 saturated heterocycles. The second kappa shape index (κ2) is 7.00. The van der Waals surface area contributed by atoms with Gasteiger partial charge in [0.2, 0.25) is 5.78 Å². The molecule has 0 spiro atoms. The van der Waals surface area contributed by atoms with Crippen molar-refractivity contribution in [3.8, 4) is 0 Å². The lowest BCUT2D eigenvalue weighted by Crippen LogP contribution is -2.40. The van der Waals surface area contributed by atoms with Gasteiger partial charge in [-0.15, -0.1) is 0 Å². The largest absolute Gasteiger partial charge is 0.361 e. The highest BCUT2D eigenvalue weighted by atomic mass is 16.5. The van der Waals surface area contributed by atoms with Crippen molar-refractivity contribution >= 4 is 5.78 Å². The average molecular weight is 302 g/mol. The van der Waals surface area contributed by atoms with Gasteiger partial charge in [-0.2, -0.15) is 0 Å². The van der Waals surface area contributed by atoms with E-state index in [0.29, 0.717) is 18.6 Å². The number of rotatable bonds is 6. The Morgan fingerprint density at radius 2 is 1.86 bits per heavy atom. The molecule has 0 bridgehead atoms. The molecule has 0 aliphatic heterocycles. The van der Waals surface area contributed by atoms with Gasteiger partial charge in [0.25, 0.3) is 5.56 Å². The SMILES string of the molecule is CCOCn1c(=O)[nH]c(C(=O)c2ccccc2)c(CC)c1=O. The van der Waals surface area contributed by atoms with E-state index in [1.807, 2.05) is 0 Å². The molecule has 1 heterocycles. The van der Waals surface area contributed by atoms with Crippen molar-refractivity contribution in [3.63, 3.8) is 0 Å². The predicted molar refractivity (Wildman–Crippen MR) is 82.2 cm³/mol. The maximum Gasteiger partial charge on any atom is 0.330 e. The number of aromatic nitrogens is 2. The predicted octanol–water partition coefficient (Wildman–Crippen LogP) is 1.32. The van der Waals surface area contributed by atoms with E-state index in [4.69, 9.17) is 4.74 Å². The lowest BCUT2D eigenvalue weighted by atomic mass is 10.0. The van der Waals surface area contributed by atoms with Crippen molar-refractivity contribution in [2.24, 2.45) is 0 Å². The van der Waals surface area contributed by atoms with Gasteiger partial charge in [0.1, 0.15) is 6.73 Å². The number of nitrogens with zero attached hydrogens (tertiary/aromatic N) is 1. The Morgan fingerprint density at radius 1 is 1.18 bits per heavy atom. The van der Waals surface area contributed by atoms with Crippen LogP contribution in [0.3, 0.4) is 0 Å². The first-order valence-electron chi connectivity index (χ1n) is 7.13. The van der Waals surface area contributed by atoms with E-state index in [9.17, 15) is 14.4 Å². The first kappa shape index (κ1) is 15.9. The smallest absolute Gasteiger partial charge is 0.330 e. The summed E-state index contributed by atoms with van der Waals surface area (Å²) in [5, 5.41) is 0. The molecule has 0 aliphatic rings. The van der Waals surface area contributed by atoms with Crippen molar-refractivity contribution in [2.45, 2.75) is 27.0 Å². The normalized spacial score (nSPS) is 10.6. The summed E-state index contributed by atoms with van der Waals surface area (Å²) in [6, 6.07) is 8.54. The summed E-state index contributed by atoms with van der Waals surface area (Å²) in [4.78, 5) is 39.5. The summed E-state index contributed by atoms with van der Waals surface area (Å²) in [6.45, 7) is 3.80. The van der Waals surface area contributed by atoms with Gasteiger partial charge < -0.3 is 9.72 Å². The summed E-state index contributed by atoms with van der Waals surface area (Å²) in [7, 11) is 0. The van der Waals surface area contributed by atoms with Crippen LogP contribution in [-0.4, -0.2) is 21.9 Å². The van der Waals surface area contributed by atoms with Crippen LogP contribution in [0.2, 0.25) is 0 Å². The molecular weight excluding hydrogens is 284 g/mol. The van der Waals surface area contributed by atoms with Crippen LogP contribution in [0.4, 0.5) is 0 Å². The standard InChI is InChI=1S/C16H18N2O4/c1-3-12-13(14(19)11-8-6-5-7-9-11)17-16(21)18(15(12)20)10-22-4-2/h5-9H,3-4,10H2,1-2H3,(H,17,21). The summed E-state index contributed by atoms with van der Waals surface area (Å²) in [5.41, 5.74) is -0.367. The second-order valence-electron chi connectivity index (χ2n) is 4.69. The number of H-pyrrole nitrogens is 1. The highest BCUT2D eigenvalue weighted by molar-refractivity contribution is 6.08. The molecule has 0 atom stereocenters. The molecule has 1 N–H and O–H groups in total. The summed E-state index contributed by atoms with van der Waals surface area (Å²) in [5.74, 6) is -0.366. The van der Waals surface area contributed by atoms with E-state index in [-0.39, 0.29) is 23.8 Å². The van der Waals surface area contributed by atoms with Crippen LogP contribution >= 0.6 is 0 Å². The van der Waals surface area contributed by atoms with E-state index >= 15 is 0 Å². The maximum absolute atomic E-state index is 12.5. The number of ketones is 1. The maximum atomic E-state index is 12.5. The third-order valence-corrected chi connectivity index (χ3v) is 3.32. The number of carbonyl (C=O) groups excluding carboxylic acids is 1. The Bertz CT molecular complexity index is 775. The van der Waals surface area contributed by atoms with Gasteiger partial charge in [-0.1, -0.05) is 37.3 Å². The zero-order valence-electron chi connectivity index (χ0n) is 12.6. The van der Waals surface area contributed by atoms with E-state index in [1.165, 1.54) is 0 Å². The van der Waals surface area contributed by atoms with Gasteiger partial charge >= 0.3 is 5.69 Å². The number of nitrogens with one attached hydrogen (secondary N) is 1. The monoisotopic (exact) mass is 302 g/mol. The molecule has 0 aliphatic carbocycles. The lowest BCUT2D eigenvalue weighted by Gasteiger charge is -2.10. The minimum Gasteiger partial charge on any atom is -0.361 e. The quantitative estimate of drug-likeness (QED) is 0.816. The Labute approximate surface area is 127 Å². The number of hydrogen-bond donors (Lipinski definition) is 1. The molecule has 0 amide bonds. The molecule has 1 aromatic carbocycles.